The van der Waals surface area contributed by atoms with Crippen molar-refractivity contribution in [2.45, 2.75) is 39.9 Å². The maximum absolute atomic E-state index is 4.57. The van der Waals surface area contributed by atoms with Crippen LogP contribution in [0.4, 0.5) is 0 Å². The summed E-state index contributed by atoms with van der Waals surface area (Å²) in [7, 11) is 0. The summed E-state index contributed by atoms with van der Waals surface area (Å²) in [6.07, 6.45) is 5.81. The fraction of sp³-hybridized carbons (Fsp3) is 0.400. The Morgan fingerprint density at radius 2 is 2.14 bits per heavy atom. The van der Waals surface area contributed by atoms with Crippen molar-refractivity contribution in [2.75, 3.05) is 0 Å². The average Bonchev–Trinajstić information content (AvgIpc) is 3.05. The van der Waals surface area contributed by atoms with E-state index < -0.39 is 0 Å². The lowest BCUT2D eigenvalue weighted by molar-refractivity contribution is 0.449. The maximum Gasteiger partial charge on any atom is 0.234 e. The smallest absolute Gasteiger partial charge is 0.234 e. The Kier molecular flexibility index (Phi) is 3.70. The number of aromatic nitrogens is 5. The van der Waals surface area contributed by atoms with Crippen molar-refractivity contribution in [2.24, 2.45) is 0 Å². The van der Waals surface area contributed by atoms with E-state index in [1.54, 1.807) is 6.20 Å². The first-order chi connectivity index (χ1) is 10.1. The molecule has 0 fully saturated rings. The van der Waals surface area contributed by atoms with Gasteiger partial charge in [0, 0.05) is 42.6 Å². The summed E-state index contributed by atoms with van der Waals surface area (Å²) in [5.74, 6) is 0.768. The van der Waals surface area contributed by atoms with Gasteiger partial charge in [-0.15, -0.1) is 0 Å². The zero-order valence-electron chi connectivity index (χ0n) is 12.6. The SMILES string of the molecule is Cc1cc(C)n2cc(CNC(C)Cn3cccn3)nc2n1. The highest BCUT2D eigenvalue weighted by atomic mass is 15.3. The van der Waals surface area contributed by atoms with Gasteiger partial charge in [-0.05, 0) is 32.9 Å². The maximum atomic E-state index is 4.57. The Hall–Kier alpha value is -2.21. The molecule has 110 valence electrons. The molecule has 6 heteroatoms. The third-order valence-electron chi connectivity index (χ3n) is 3.46. The van der Waals surface area contributed by atoms with Crippen LogP contribution in [-0.4, -0.2) is 30.2 Å². The van der Waals surface area contributed by atoms with Gasteiger partial charge in [-0.25, -0.2) is 9.97 Å². The molecule has 1 unspecified atom stereocenters. The summed E-state index contributed by atoms with van der Waals surface area (Å²) >= 11 is 0. The topological polar surface area (TPSA) is 60.0 Å². The van der Waals surface area contributed by atoms with Gasteiger partial charge in [0.15, 0.2) is 0 Å². The van der Waals surface area contributed by atoms with Gasteiger partial charge >= 0.3 is 0 Å². The third-order valence-corrected chi connectivity index (χ3v) is 3.46. The normalized spacial score (nSPS) is 12.9. The van der Waals surface area contributed by atoms with Crippen molar-refractivity contribution < 1.29 is 0 Å². The van der Waals surface area contributed by atoms with Crippen LogP contribution in [-0.2, 0) is 13.1 Å². The van der Waals surface area contributed by atoms with E-state index in [1.165, 1.54) is 0 Å². The first-order valence-corrected chi connectivity index (χ1v) is 7.15. The molecule has 0 saturated heterocycles. The molecule has 3 heterocycles. The molecule has 0 amide bonds. The summed E-state index contributed by atoms with van der Waals surface area (Å²) in [6.45, 7) is 7.78. The van der Waals surface area contributed by atoms with Crippen molar-refractivity contribution in [3.63, 3.8) is 0 Å². The largest absolute Gasteiger partial charge is 0.307 e. The minimum absolute atomic E-state index is 0.325. The molecule has 0 bridgehead atoms. The molecule has 6 nitrogen and oxygen atoms in total. The number of rotatable bonds is 5. The average molecular weight is 284 g/mol. The highest BCUT2D eigenvalue weighted by Gasteiger charge is 2.08. The van der Waals surface area contributed by atoms with Crippen LogP contribution in [0.5, 0.6) is 0 Å². The van der Waals surface area contributed by atoms with Gasteiger partial charge in [0.05, 0.1) is 12.2 Å². The summed E-state index contributed by atoms with van der Waals surface area (Å²) < 4.78 is 3.96. The second-order valence-corrected chi connectivity index (χ2v) is 5.45. The molecular weight excluding hydrogens is 264 g/mol. The molecule has 0 saturated carbocycles. The van der Waals surface area contributed by atoms with Crippen molar-refractivity contribution in [3.8, 4) is 0 Å². The Morgan fingerprint density at radius 1 is 1.29 bits per heavy atom. The molecule has 1 atom stereocenters. The van der Waals surface area contributed by atoms with E-state index in [1.807, 2.05) is 34.5 Å². The zero-order valence-corrected chi connectivity index (χ0v) is 12.6. The molecule has 3 aromatic heterocycles. The first kappa shape index (κ1) is 13.8. The molecule has 3 rings (SSSR count). The van der Waals surface area contributed by atoms with Crippen LogP contribution in [0.1, 0.15) is 24.0 Å². The van der Waals surface area contributed by atoms with Gasteiger partial charge < -0.3 is 5.32 Å². The number of fused-ring (bicyclic) bond motifs is 1. The van der Waals surface area contributed by atoms with E-state index in [0.29, 0.717) is 6.04 Å². The number of nitrogens with one attached hydrogen (secondary N) is 1. The van der Waals surface area contributed by atoms with E-state index in [-0.39, 0.29) is 0 Å². The molecule has 0 spiro atoms. The Labute approximate surface area is 123 Å². The van der Waals surface area contributed by atoms with E-state index in [9.17, 15) is 0 Å². The Morgan fingerprint density at radius 3 is 2.90 bits per heavy atom. The molecule has 0 aromatic carbocycles. The fourth-order valence-electron chi connectivity index (χ4n) is 2.44. The number of hydrogen-bond donors (Lipinski definition) is 1. The van der Waals surface area contributed by atoms with Crippen molar-refractivity contribution in [1.29, 1.82) is 0 Å². The minimum atomic E-state index is 0.325. The quantitative estimate of drug-likeness (QED) is 0.775. The minimum Gasteiger partial charge on any atom is -0.307 e. The number of aryl methyl sites for hydroxylation is 2. The van der Waals surface area contributed by atoms with Gasteiger partial charge in [-0.1, -0.05) is 0 Å². The lowest BCUT2D eigenvalue weighted by Gasteiger charge is -2.12. The van der Waals surface area contributed by atoms with Crippen molar-refractivity contribution >= 4 is 5.78 Å². The third kappa shape index (κ3) is 3.11. The van der Waals surface area contributed by atoms with Crippen LogP contribution in [0, 0.1) is 13.8 Å². The zero-order chi connectivity index (χ0) is 14.8. The lowest BCUT2D eigenvalue weighted by atomic mass is 10.3. The van der Waals surface area contributed by atoms with E-state index in [2.05, 4.69) is 40.3 Å². The highest BCUT2D eigenvalue weighted by molar-refractivity contribution is 5.34. The number of imidazole rings is 1. The predicted octanol–water partition coefficient (Wildman–Crippen LogP) is 1.72. The van der Waals surface area contributed by atoms with E-state index in [0.717, 1.165) is 35.9 Å². The molecule has 21 heavy (non-hydrogen) atoms. The molecular formula is C15H20N6. The van der Waals surface area contributed by atoms with Crippen molar-refractivity contribution in [1.82, 2.24) is 29.5 Å². The molecule has 0 aliphatic heterocycles. The standard InChI is InChI=1S/C15H20N6/c1-11-7-13(3)21-10-14(19-15(21)18-11)8-16-12(2)9-20-6-4-5-17-20/h4-7,10,12,16H,8-9H2,1-3H3. The van der Waals surface area contributed by atoms with Gasteiger partial charge in [0.25, 0.3) is 0 Å². The van der Waals surface area contributed by atoms with Crippen LogP contribution in [0.15, 0.2) is 30.7 Å². The van der Waals surface area contributed by atoms with E-state index >= 15 is 0 Å². The van der Waals surface area contributed by atoms with Gasteiger partial charge in [0.1, 0.15) is 0 Å². The number of nitrogens with zero attached hydrogens (tertiary/aromatic N) is 5. The molecule has 0 aliphatic rings. The molecule has 3 aromatic rings. The molecule has 1 N–H and O–H groups in total. The van der Waals surface area contributed by atoms with Gasteiger partial charge in [0.2, 0.25) is 5.78 Å². The van der Waals surface area contributed by atoms with Crippen LogP contribution < -0.4 is 5.32 Å². The summed E-state index contributed by atoms with van der Waals surface area (Å²) in [5.41, 5.74) is 3.15. The first-order valence-electron chi connectivity index (χ1n) is 7.15. The summed E-state index contributed by atoms with van der Waals surface area (Å²) in [4.78, 5) is 9.03. The summed E-state index contributed by atoms with van der Waals surface area (Å²) in [5, 5.41) is 7.68. The Bertz CT molecular complexity index is 728. The highest BCUT2D eigenvalue weighted by Crippen LogP contribution is 2.08. The van der Waals surface area contributed by atoms with Crippen LogP contribution >= 0.6 is 0 Å². The monoisotopic (exact) mass is 284 g/mol. The summed E-state index contributed by atoms with van der Waals surface area (Å²) in [6, 6.07) is 4.32. The van der Waals surface area contributed by atoms with Crippen LogP contribution in [0.25, 0.3) is 5.78 Å². The van der Waals surface area contributed by atoms with Gasteiger partial charge in [-0.3, -0.25) is 9.08 Å². The molecule has 0 aliphatic carbocycles. The van der Waals surface area contributed by atoms with Gasteiger partial charge in [-0.2, -0.15) is 5.10 Å². The lowest BCUT2D eigenvalue weighted by Crippen LogP contribution is -2.30. The van der Waals surface area contributed by atoms with Crippen LogP contribution in [0.3, 0.4) is 0 Å². The fourth-order valence-corrected chi connectivity index (χ4v) is 2.44. The van der Waals surface area contributed by atoms with E-state index in [4.69, 9.17) is 0 Å². The van der Waals surface area contributed by atoms with Crippen molar-refractivity contribution in [3.05, 3.63) is 47.8 Å². The number of hydrogen-bond acceptors (Lipinski definition) is 4. The predicted molar refractivity (Wildman–Crippen MR) is 81.0 cm³/mol. The molecule has 0 radical (unpaired) electrons. The Balaban J connectivity index is 1.66. The second kappa shape index (κ2) is 5.65. The second-order valence-electron chi connectivity index (χ2n) is 5.45. The van der Waals surface area contributed by atoms with Crippen LogP contribution in [0.2, 0.25) is 0 Å².